The Kier molecular flexibility index (Phi) is 4.86. The quantitative estimate of drug-likeness (QED) is 0.543. The van der Waals surface area contributed by atoms with Gasteiger partial charge in [-0.05, 0) is 19.1 Å². The molecule has 0 amide bonds. The summed E-state index contributed by atoms with van der Waals surface area (Å²) in [6.45, 7) is 2.85. The van der Waals surface area contributed by atoms with Crippen molar-refractivity contribution in [3.8, 4) is 0 Å². The number of nitrogens with one attached hydrogen (secondary N) is 2. The molecule has 0 bridgehead atoms. The zero-order valence-electron chi connectivity index (χ0n) is 8.77. The number of rotatable bonds is 6. The fraction of sp³-hybridized carbons (Fsp3) is 0.500. The molecule has 4 N–H and O–H groups in total. The summed E-state index contributed by atoms with van der Waals surface area (Å²) >= 11 is 0. The molecule has 15 heavy (non-hydrogen) atoms. The van der Waals surface area contributed by atoms with Crippen LogP contribution in [0.5, 0.6) is 0 Å². The Morgan fingerprint density at radius 2 is 2.00 bits per heavy atom. The van der Waals surface area contributed by atoms with Crippen molar-refractivity contribution in [3.05, 3.63) is 18.2 Å². The molecule has 1 aromatic heterocycles. The molecule has 1 rings (SSSR count). The van der Waals surface area contributed by atoms with Crippen LogP contribution in [-0.4, -0.2) is 41.0 Å². The molecule has 5 nitrogen and oxygen atoms in total. The van der Waals surface area contributed by atoms with Gasteiger partial charge in [-0.3, -0.25) is 0 Å². The minimum atomic E-state index is -0.755. The number of aromatic nitrogens is 1. The van der Waals surface area contributed by atoms with E-state index in [0.717, 1.165) is 12.4 Å². The third-order valence-corrected chi connectivity index (χ3v) is 1.84. The number of pyridine rings is 1. The maximum absolute atomic E-state index is 9.14. The molecule has 0 fully saturated rings. The number of hydrogen-bond acceptors (Lipinski definition) is 5. The minimum absolute atomic E-state index is 0.250. The van der Waals surface area contributed by atoms with Crippen LogP contribution in [-0.2, 0) is 0 Å². The summed E-state index contributed by atoms with van der Waals surface area (Å²) in [6.07, 6.45) is -0.755. The smallest absolute Gasteiger partial charge is 0.128 e. The van der Waals surface area contributed by atoms with Crippen LogP contribution in [0.25, 0.3) is 0 Å². The molecule has 1 heterocycles. The number of aliphatic hydroxyl groups is 2. The number of hydrogen-bond donors (Lipinski definition) is 4. The average Bonchev–Trinajstić information content (AvgIpc) is 2.27. The van der Waals surface area contributed by atoms with E-state index in [1.807, 2.05) is 25.1 Å². The van der Waals surface area contributed by atoms with Gasteiger partial charge in [0.1, 0.15) is 11.6 Å². The Morgan fingerprint density at radius 1 is 1.33 bits per heavy atom. The predicted octanol–water partition coefficient (Wildman–Crippen LogP) is 0.278. The normalized spacial score (nSPS) is 12.2. The molecule has 0 spiro atoms. The van der Waals surface area contributed by atoms with Crippen molar-refractivity contribution in [2.75, 3.05) is 30.3 Å². The summed E-state index contributed by atoms with van der Waals surface area (Å²) in [6, 6.07) is 5.56. The van der Waals surface area contributed by atoms with Crippen molar-refractivity contribution in [1.82, 2.24) is 4.98 Å². The van der Waals surface area contributed by atoms with Crippen LogP contribution in [0, 0.1) is 0 Å². The molecule has 0 saturated carbocycles. The van der Waals surface area contributed by atoms with Gasteiger partial charge < -0.3 is 20.8 Å². The van der Waals surface area contributed by atoms with Crippen molar-refractivity contribution in [1.29, 1.82) is 0 Å². The van der Waals surface area contributed by atoms with Crippen LogP contribution in [0.1, 0.15) is 6.92 Å². The van der Waals surface area contributed by atoms with E-state index in [9.17, 15) is 0 Å². The fourth-order valence-corrected chi connectivity index (χ4v) is 1.10. The van der Waals surface area contributed by atoms with Gasteiger partial charge in [0.05, 0.1) is 12.7 Å². The molecular formula is C10H17N3O2. The summed E-state index contributed by atoms with van der Waals surface area (Å²) in [5.74, 6) is 1.47. The number of nitrogens with zero attached hydrogens (tertiary/aromatic N) is 1. The maximum Gasteiger partial charge on any atom is 0.128 e. The van der Waals surface area contributed by atoms with Crippen molar-refractivity contribution in [3.63, 3.8) is 0 Å². The molecule has 84 valence electrons. The summed E-state index contributed by atoms with van der Waals surface area (Å²) in [7, 11) is 0. The molecule has 0 aliphatic heterocycles. The van der Waals surface area contributed by atoms with Crippen LogP contribution >= 0.6 is 0 Å². The van der Waals surface area contributed by atoms with Gasteiger partial charge in [-0.15, -0.1) is 0 Å². The molecule has 0 aliphatic rings. The number of aliphatic hydroxyl groups excluding tert-OH is 2. The molecular weight excluding hydrogens is 194 g/mol. The third-order valence-electron chi connectivity index (χ3n) is 1.84. The van der Waals surface area contributed by atoms with E-state index in [1.165, 1.54) is 0 Å². The van der Waals surface area contributed by atoms with Crippen molar-refractivity contribution in [2.45, 2.75) is 13.0 Å². The molecule has 0 aromatic carbocycles. The molecule has 0 aliphatic carbocycles. The maximum atomic E-state index is 9.14. The molecule has 1 aromatic rings. The highest BCUT2D eigenvalue weighted by molar-refractivity contribution is 5.44. The Morgan fingerprint density at radius 3 is 2.60 bits per heavy atom. The summed E-state index contributed by atoms with van der Waals surface area (Å²) in [5.41, 5.74) is 0. The third kappa shape index (κ3) is 4.14. The lowest BCUT2D eigenvalue weighted by atomic mass is 10.3. The first-order valence-electron chi connectivity index (χ1n) is 5.00. The molecule has 0 saturated heterocycles. The topological polar surface area (TPSA) is 77.4 Å². The lowest BCUT2D eigenvalue weighted by Crippen LogP contribution is -2.23. The second-order valence-corrected chi connectivity index (χ2v) is 3.16. The zero-order valence-corrected chi connectivity index (χ0v) is 8.77. The Balaban J connectivity index is 2.50. The van der Waals surface area contributed by atoms with Crippen molar-refractivity contribution in [2.24, 2.45) is 0 Å². The van der Waals surface area contributed by atoms with Crippen LogP contribution in [0.2, 0.25) is 0 Å². The van der Waals surface area contributed by atoms with Gasteiger partial charge in [0.2, 0.25) is 0 Å². The van der Waals surface area contributed by atoms with Crippen molar-refractivity contribution < 1.29 is 10.2 Å². The van der Waals surface area contributed by atoms with Crippen molar-refractivity contribution >= 4 is 11.6 Å². The highest BCUT2D eigenvalue weighted by Gasteiger charge is 2.02. The van der Waals surface area contributed by atoms with Gasteiger partial charge in [0, 0.05) is 13.1 Å². The standard InChI is InChI=1S/C10H17N3O2/c1-2-11-9-4-3-5-10(13-9)12-6-8(15)7-14/h3-5,8,14-15H,2,6-7H2,1H3,(H2,11,12,13). The van der Waals surface area contributed by atoms with Gasteiger partial charge in [-0.1, -0.05) is 6.07 Å². The van der Waals surface area contributed by atoms with Crippen LogP contribution < -0.4 is 10.6 Å². The van der Waals surface area contributed by atoms with E-state index in [1.54, 1.807) is 0 Å². The molecule has 0 radical (unpaired) electrons. The van der Waals surface area contributed by atoms with Gasteiger partial charge in [0.15, 0.2) is 0 Å². The minimum Gasteiger partial charge on any atom is -0.394 e. The highest BCUT2D eigenvalue weighted by atomic mass is 16.3. The monoisotopic (exact) mass is 211 g/mol. The summed E-state index contributed by atoms with van der Waals surface area (Å²) < 4.78 is 0. The first-order chi connectivity index (χ1) is 7.26. The first kappa shape index (κ1) is 11.7. The Hall–Kier alpha value is -1.33. The average molecular weight is 211 g/mol. The van der Waals surface area contributed by atoms with E-state index in [2.05, 4.69) is 15.6 Å². The Bertz CT molecular complexity index is 294. The van der Waals surface area contributed by atoms with Gasteiger partial charge >= 0.3 is 0 Å². The first-order valence-corrected chi connectivity index (χ1v) is 5.00. The van der Waals surface area contributed by atoms with Crippen LogP contribution in [0.15, 0.2) is 18.2 Å². The van der Waals surface area contributed by atoms with Gasteiger partial charge in [-0.25, -0.2) is 4.98 Å². The SMILES string of the molecule is CCNc1cccc(NCC(O)CO)n1. The van der Waals surface area contributed by atoms with E-state index in [0.29, 0.717) is 12.4 Å². The lowest BCUT2D eigenvalue weighted by molar-refractivity contribution is 0.105. The van der Waals surface area contributed by atoms with Gasteiger partial charge in [-0.2, -0.15) is 0 Å². The zero-order chi connectivity index (χ0) is 11.1. The molecule has 1 unspecified atom stereocenters. The second kappa shape index (κ2) is 6.21. The molecule has 5 heteroatoms. The van der Waals surface area contributed by atoms with Gasteiger partial charge in [0.25, 0.3) is 0 Å². The Labute approximate surface area is 89.2 Å². The van der Waals surface area contributed by atoms with E-state index in [4.69, 9.17) is 10.2 Å². The summed E-state index contributed by atoms with van der Waals surface area (Å²) in [5, 5.41) is 23.8. The fourth-order valence-electron chi connectivity index (χ4n) is 1.10. The lowest BCUT2D eigenvalue weighted by Gasteiger charge is -2.10. The van der Waals surface area contributed by atoms with Crippen LogP contribution in [0.4, 0.5) is 11.6 Å². The largest absolute Gasteiger partial charge is 0.394 e. The molecule has 1 atom stereocenters. The highest BCUT2D eigenvalue weighted by Crippen LogP contribution is 2.08. The van der Waals surface area contributed by atoms with Crippen LogP contribution in [0.3, 0.4) is 0 Å². The van der Waals surface area contributed by atoms with E-state index >= 15 is 0 Å². The van der Waals surface area contributed by atoms with E-state index < -0.39 is 6.10 Å². The predicted molar refractivity (Wildman–Crippen MR) is 60.0 cm³/mol. The summed E-state index contributed by atoms with van der Waals surface area (Å²) in [4.78, 5) is 4.25. The van der Waals surface area contributed by atoms with E-state index in [-0.39, 0.29) is 6.61 Å². The second-order valence-electron chi connectivity index (χ2n) is 3.16. The number of anilines is 2.